The Hall–Kier alpha value is -3.13. The second-order valence-corrected chi connectivity index (χ2v) is 9.44. The number of amides is 1. The highest BCUT2D eigenvalue weighted by molar-refractivity contribution is 7.91. The van der Waals surface area contributed by atoms with Crippen molar-refractivity contribution in [3.05, 3.63) is 64.8 Å². The van der Waals surface area contributed by atoms with Gasteiger partial charge in [-0.15, -0.1) is 0 Å². The van der Waals surface area contributed by atoms with E-state index in [9.17, 15) is 13.2 Å². The number of hydrogen-bond acceptors (Lipinski definition) is 6. The number of rotatable bonds is 8. The van der Waals surface area contributed by atoms with Gasteiger partial charge in [-0.05, 0) is 38.5 Å². The quantitative estimate of drug-likeness (QED) is 0.570. The molecule has 0 saturated heterocycles. The molecule has 3 rings (SSSR count). The summed E-state index contributed by atoms with van der Waals surface area (Å²) < 4.78 is 36.5. The van der Waals surface area contributed by atoms with Crippen LogP contribution in [0, 0.1) is 20.8 Å². The van der Waals surface area contributed by atoms with Crippen LogP contribution in [-0.4, -0.2) is 32.3 Å². The molecule has 0 spiro atoms. The Kier molecular flexibility index (Phi) is 6.80. The van der Waals surface area contributed by atoms with Gasteiger partial charge in [0, 0.05) is 29.7 Å². The van der Waals surface area contributed by atoms with Crippen LogP contribution in [0.3, 0.4) is 0 Å². The first-order valence-electron chi connectivity index (χ1n) is 9.88. The number of nitrogens with one attached hydrogen (secondary N) is 1. The number of benzene rings is 2. The molecule has 0 aliphatic heterocycles. The fraction of sp³-hybridized carbons (Fsp3) is 0.304. The lowest BCUT2D eigenvalue weighted by molar-refractivity contribution is -0.120. The molecule has 2 aromatic carbocycles. The topological polar surface area (TPSA) is 98.5 Å². The molecule has 0 bridgehead atoms. The van der Waals surface area contributed by atoms with Crippen LogP contribution in [0.1, 0.15) is 28.8 Å². The molecular weight excluding hydrogens is 416 g/mol. The molecule has 1 heterocycles. The van der Waals surface area contributed by atoms with E-state index in [1.807, 2.05) is 32.0 Å². The summed E-state index contributed by atoms with van der Waals surface area (Å²) in [6.07, 6.45) is -0.137. The molecule has 0 atom stereocenters. The number of nitrogens with zero attached hydrogens (tertiary/aromatic N) is 1. The van der Waals surface area contributed by atoms with Gasteiger partial charge in [0.1, 0.15) is 5.75 Å². The Bertz CT molecular complexity index is 1200. The zero-order valence-corrected chi connectivity index (χ0v) is 18.9. The molecule has 8 heteroatoms. The zero-order valence-electron chi connectivity index (χ0n) is 18.1. The molecule has 3 aromatic rings. The fourth-order valence-electron chi connectivity index (χ4n) is 3.23. The van der Waals surface area contributed by atoms with Crippen molar-refractivity contribution in [3.8, 4) is 17.1 Å². The maximum Gasteiger partial charge on any atom is 0.221 e. The van der Waals surface area contributed by atoms with Gasteiger partial charge in [-0.3, -0.25) is 4.79 Å². The Labute approximate surface area is 182 Å². The van der Waals surface area contributed by atoms with Crippen LogP contribution in [-0.2, 0) is 21.2 Å². The maximum absolute atomic E-state index is 13.0. The molecule has 7 nitrogen and oxygen atoms in total. The molecule has 1 amide bonds. The Morgan fingerprint density at radius 2 is 1.87 bits per heavy atom. The summed E-state index contributed by atoms with van der Waals surface area (Å²) in [6.45, 7) is 5.71. The molecule has 1 aromatic heterocycles. The zero-order chi connectivity index (χ0) is 22.6. The van der Waals surface area contributed by atoms with E-state index in [0.29, 0.717) is 22.6 Å². The van der Waals surface area contributed by atoms with Crippen molar-refractivity contribution < 1.29 is 22.5 Å². The average Bonchev–Trinajstić information content (AvgIpc) is 3.09. The van der Waals surface area contributed by atoms with Crippen LogP contribution in [0.25, 0.3) is 11.3 Å². The summed E-state index contributed by atoms with van der Waals surface area (Å²) >= 11 is 0. The van der Waals surface area contributed by atoms with Crippen LogP contribution >= 0.6 is 0 Å². The lowest BCUT2D eigenvalue weighted by atomic mass is 10.1. The number of aryl methyl sites for hydroxylation is 2. The molecule has 0 aliphatic carbocycles. The van der Waals surface area contributed by atoms with Crippen LogP contribution < -0.4 is 10.1 Å². The third kappa shape index (κ3) is 5.14. The average molecular weight is 443 g/mol. The van der Waals surface area contributed by atoms with Crippen molar-refractivity contribution in [1.82, 2.24) is 10.5 Å². The van der Waals surface area contributed by atoms with Crippen molar-refractivity contribution in [2.24, 2.45) is 0 Å². The van der Waals surface area contributed by atoms with Gasteiger partial charge >= 0.3 is 0 Å². The monoisotopic (exact) mass is 442 g/mol. The van der Waals surface area contributed by atoms with E-state index in [1.165, 1.54) is 0 Å². The molecule has 0 saturated carbocycles. The minimum atomic E-state index is -3.67. The largest absolute Gasteiger partial charge is 0.496 e. The number of para-hydroxylation sites is 1. The first-order chi connectivity index (χ1) is 14.7. The van der Waals surface area contributed by atoms with Crippen LogP contribution in [0.15, 0.2) is 51.9 Å². The third-order valence-electron chi connectivity index (χ3n) is 5.21. The van der Waals surface area contributed by atoms with Crippen LogP contribution in [0.2, 0.25) is 0 Å². The summed E-state index contributed by atoms with van der Waals surface area (Å²) in [5.41, 5.74) is 3.70. The van der Waals surface area contributed by atoms with E-state index < -0.39 is 9.84 Å². The van der Waals surface area contributed by atoms with Crippen molar-refractivity contribution >= 4 is 15.7 Å². The molecular formula is C23H26N2O5S. The maximum atomic E-state index is 13.0. The van der Waals surface area contributed by atoms with Crippen molar-refractivity contribution in [1.29, 1.82) is 0 Å². The molecule has 0 aliphatic rings. The summed E-state index contributed by atoms with van der Waals surface area (Å²) in [6, 6.07) is 12.5. The normalized spacial score (nSPS) is 11.4. The summed E-state index contributed by atoms with van der Waals surface area (Å²) in [5, 5.41) is 6.69. The second kappa shape index (κ2) is 9.34. The Balaban J connectivity index is 1.70. The van der Waals surface area contributed by atoms with Gasteiger partial charge in [-0.1, -0.05) is 35.5 Å². The minimum Gasteiger partial charge on any atom is -0.496 e. The van der Waals surface area contributed by atoms with Gasteiger partial charge in [0.25, 0.3) is 0 Å². The standard InChI is InChI=1S/C23H26N2O5S/c1-15-9-10-18(23-16(2)17(3)25-30-23)13-21(15)31(27,28)12-11-22(26)24-14-19-7-5-6-8-20(19)29-4/h5-10,13H,11-12,14H2,1-4H3,(H,24,26). The number of sulfone groups is 1. The molecule has 0 fully saturated rings. The number of hydrogen-bond donors (Lipinski definition) is 1. The van der Waals surface area contributed by atoms with Gasteiger partial charge in [0.05, 0.1) is 23.5 Å². The van der Waals surface area contributed by atoms with Gasteiger partial charge in [-0.2, -0.15) is 0 Å². The third-order valence-corrected chi connectivity index (χ3v) is 7.06. The van der Waals surface area contributed by atoms with E-state index in [-0.39, 0.29) is 29.5 Å². The Morgan fingerprint density at radius 1 is 1.13 bits per heavy atom. The fourth-order valence-corrected chi connectivity index (χ4v) is 4.77. The van der Waals surface area contributed by atoms with Gasteiger partial charge < -0.3 is 14.6 Å². The van der Waals surface area contributed by atoms with E-state index in [4.69, 9.17) is 9.26 Å². The van der Waals surface area contributed by atoms with Crippen molar-refractivity contribution in [3.63, 3.8) is 0 Å². The predicted molar refractivity (Wildman–Crippen MR) is 118 cm³/mol. The number of methoxy groups -OCH3 is 1. The smallest absolute Gasteiger partial charge is 0.221 e. The first kappa shape index (κ1) is 22.6. The van der Waals surface area contributed by atoms with E-state index in [1.54, 1.807) is 38.3 Å². The molecule has 1 N–H and O–H groups in total. The number of carbonyl (C=O) groups excluding carboxylic acids is 1. The summed E-state index contributed by atoms with van der Waals surface area (Å²) in [7, 11) is -2.11. The molecule has 0 unspecified atom stereocenters. The highest BCUT2D eigenvalue weighted by Gasteiger charge is 2.21. The predicted octanol–water partition coefficient (Wildman–Crippen LogP) is 3.76. The summed E-state index contributed by atoms with van der Waals surface area (Å²) in [4.78, 5) is 12.5. The lowest BCUT2D eigenvalue weighted by Gasteiger charge is -2.11. The van der Waals surface area contributed by atoms with Crippen LogP contribution in [0.4, 0.5) is 0 Å². The first-order valence-corrected chi connectivity index (χ1v) is 11.5. The molecule has 31 heavy (non-hydrogen) atoms. The minimum absolute atomic E-state index is 0.137. The summed E-state index contributed by atoms with van der Waals surface area (Å²) in [5.74, 6) is 0.581. The SMILES string of the molecule is COc1ccccc1CNC(=O)CCS(=O)(=O)c1cc(-c2onc(C)c2C)ccc1C. The van der Waals surface area contributed by atoms with E-state index in [0.717, 1.165) is 16.8 Å². The van der Waals surface area contributed by atoms with Gasteiger partial charge in [-0.25, -0.2) is 8.42 Å². The number of carbonyl (C=O) groups is 1. The number of aromatic nitrogens is 1. The van der Waals surface area contributed by atoms with Gasteiger partial charge in [0.15, 0.2) is 15.6 Å². The Morgan fingerprint density at radius 3 is 2.55 bits per heavy atom. The van der Waals surface area contributed by atoms with E-state index in [2.05, 4.69) is 10.5 Å². The van der Waals surface area contributed by atoms with Crippen molar-refractivity contribution in [2.75, 3.05) is 12.9 Å². The lowest BCUT2D eigenvalue weighted by Crippen LogP contribution is -2.25. The highest BCUT2D eigenvalue weighted by Crippen LogP contribution is 2.29. The molecule has 164 valence electrons. The van der Waals surface area contributed by atoms with Crippen LogP contribution in [0.5, 0.6) is 5.75 Å². The molecule has 0 radical (unpaired) electrons. The highest BCUT2D eigenvalue weighted by atomic mass is 32.2. The van der Waals surface area contributed by atoms with Crippen molar-refractivity contribution in [2.45, 2.75) is 38.6 Å². The van der Waals surface area contributed by atoms with Gasteiger partial charge in [0.2, 0.25) is 5.91 Å². The van der Waals surface area contributed by atoms with E-state index >= 15 is 0 Å². The second-order valence-electron chi connectivity index (χ2n) is 7.36. The number of ether oxygens (including phenoxy) is 1.